The number of nitrogens with zero attached hydrogens (tertiary/aromatic N) is 6. The van der Waals surface area contributed by atoms with Crippen LogP contribution in [0.3, 0.4) is 0 Å². The molecule has 0 bridgehead atoms. The number of anilines is 1. The Kier molecular flexibility index (Phi) is 9.61. The van der Waals surface area contributed by atoms with Crippen molar-refractivity contribution >= 4 is 21.6 Å². The monoisotopic (exact) mass is 582 g/mol. The van der Waals surface area contributed by atoms with E-state index >= 15 is 0 Å². The van der Waals surface area contributed by atoms with E-state index in [-0.39, 0.29) is 11.9 Å². The van der Waals surface area contributed by atoms with Crippen LogP contribution in [0.15, 0.2) is 36.7 Å². The number of amides is 1. The van der Waals surface area contributed by atoms with E-state index in [1.807, 2.05) is 11.8 Å². The molecule has 0 spiro atoms. The van der Waals surface area contributed by atoms with Crippen molar-refractivity contribution in [2.45, 2.75) is 70.4 Å². The van der Waals surface area contributed by atoms with Crippen molar-refractivity contribution in [3.8, 4) is 0 Å². The molecule has 3 fully saturated rings. The molecule has 3 aliphatic rings. The van der Waals surface area contributed by atoms with Crippen LogP contribution >= 0.6 is 0 Å². The number of rotatable bonds is 8. The Balaban J connectivity index is 1.09. The van der Waals surface area contributed by atoms with Gasteiger partial charge in [-0.1, -0.05) is 18.2 Å². The number of benzene rings is 1. The van der Waals surface area contributed by atoms with Crippen LogP contribution in [0.25, 0.3) is 0 Å². The van der Waals surface area contributed by atoms with Gasteiger partial charge in [-0.3, -0.25) is 4.79 Å². The fourth-order valence-corrected chi connectivity index (χ4v) is 7.64. The van der Waals surface area contributed by atoms with Crippen LogP contribution in [0, 0.1) is 12.8 Å². The summed E-state index contributed by atoms with van der Waals surface area (Å²) in [4.78, 5) is 29.4. The van der Waals surface area contributed by atoms with Crippen molar-refractivity contribution in [3.05, 3.63) is 53.6 Å². The van der Waals surface area contributed by atoms with Crippen LogP contribution in [0.5, 0.6) is 0 Å². The quantitative estimate of drug-likeness (QED) is 0.470. The van der Waals surface area contributed by atoms with E-state index in [2.05, 4.69) is 50.1 Å². The first-order valence-electron chi connectivity index (χ1n) is 15.3. The van der Waals surface area contributed by atoms with Gasteiger partial charge in [0.05, 0.1) is 6.26 Å². The number of aryl methyl sites for hydroxylation is 1. The molecule has 0 aliphatic carbocycles. The van der Waals surface area contributed by atoms with Gasteiger partial charge in [-0.25, -0.2) is 22.7 Å². The highest BCUT2D eigenvalue weighted by Crippen LogP contribution is 2.28. The van der Waals surface area contributed by atoms with Gasteiger partial charge in [-0.15, -0.1) is 0 Å². The lowest BCUT2D eigenvalue weighted by Crippen LogP contribution is -2.52. The maximum absolute atomic E-state index is 13.5. The molecule has 0 N–H and O–H groups in total. The molecule has 2 aromatic rings. The zero-order valence-corrected chi connectivity index (χ0v) is 25.7. The van der Waals surface area contributed by atoms with Crippen LogP contribution < -0.4 is 4.90 Å². The van der Waals surface area contributed by atoms with Gasteiger partial charge in [0.2, 0.25) is 10.0 Å². The topological polar surface area (TPSA) is 90.0 Å². The normalized spacial score (nSPS) is 20.6. The molecule has 4 heterocycles. The molecule has 1 aromatic heterocycles. The van der Waals surface area contributed by atoms with Gasteiger partial charge < -0.3 is 14.7 Å². The van der Waals surface area contributed by atoms with E-state index in [1.54, 1.807) is 13.4 Å². The highest BCUT2D eigenvalue weighted by Gasteiger charge is 2.33. The summed E-state index contributed by atoms with van der Waals surface area (Å²) in [7, 11) is -1.47. The number of para-hydroxylation sites is 1. The number of hydrogen-bond acceptors (Lipinski definition) is 7. The second-order valence-electron chi connectivity index (χ2n) is 12.2. The predicted molar refractivity (Wildman–Crippen MR) is 163 cm³/mol. The van der Waals surface area contributed by atoms with Crippen LogP contribution in [0.2, 0.25) is 0 Å². The molecule has 1 aromatic carbocycles. The molecule has 41 heavy (non-hydrogen) atoms. The maximum atomic E-state index is 13.5. The summed E-state index contributed by atoms with van der Waals surface area (Å²) in [5, 5.41) is 0. The molecular weight excluding hydrogens is 536 g/mol. The SMILES string of the molecule is Cc1c(CCC2CCN(c3ccccc3)CC2)ncnc1C(=O)N1CCC(N2CCC(N(C)S(C)(=O)=O)CC2)CC1. The van der Waals surface area contributed by atoms with Crippen molar-refractivity contribution in [1.29, 1.82) is 0 Å². The van der Waals surface area contributed by atoms with E-state index in [0.29, 0.717) is 17.7 Å². The minimum absolute atomic E-state index is 0.0225. The van der Waals surface area contributed by atoms with Gasteiger partial charge in [0.15, 0.2) is 0 Å². The minimum Gasteiger partial charge on any atom is -0.372 e. The van der Waals surface area contributed by atoms with Gasteiger partial charge >= 0.3 is 0 Å². The first kappa shape index (κ1) is 29.9. The third-order valence-corrected chi connectivity index (χ3v) is 11.1. The van der Waals surface area contributed by atoms with Crippen molar-refractivity contribution < 1.29 is 13.2 Å². The fraction of sp³-hybridized carbons (Fsp3) is 0.645. The zero-order chi connectivity index (χ0) is 29.0. The van der Waals surface area contributed by atoms with Gasteiger partial charge in [0.1, 0.15) is 12.0 Å². The molecule has 224 valence electrons. The summed E-state index contributed by atoms with van der Waals surface area (Å²) in [6, 6.07) is 11.2. The number of sulfonamides is 1. The molecule has 0 radical (unpaired) electrons. The molecule has 9 nitrogen and oxygen atoms in total. The van der Waals surface area contributed by atoms with Crippen molar-refractivity contribution in [3.63, 3.8) is 0 Å². The maximum Gasteiger partial charge on any atom is 0.272 e. The Morgan fingerprint density at radius 3 is 2.22 bits per heavy atom. The molecule has 0 atom stereocenters. The molecule has 3 aliphatic heterocycles. The lowest BCUT2D eigenvalue weighted by molar-refractivity contribution is 0.0542. The van der Waals surface area contributed by atoms with Crippen molar-refractivity contribution in [2.24, 2.45) is 5.92 Å². The van der Waals surface area contributed by atoms with E-state index in [4.69, 9.17) is 0 Å². The predicted octanol–water partition coefficient (Wildman–Crippen LogP) is 3.59. The first-order valence-corrected chi connectivity index (χ1v) is 17.1. The second kappa shape index (κ2) is 13.2. The number of hydrogen-bond donors (Lipinski definition) is 0. The standard InChI is InChI=1S/C31H46N6O3S/c1-24-29(10-9-25-11-17-35(18-12-25)27-7-5-4-6-8-27)32-23-33-30(24)31(38)37-21-15-28(16-22-37)36-19-13-26(14-20-36)34(2)41(3,39)40/h4-8,23,25-26,28H,9-22H2,1-3H3. The zero-order valence-electron chi connectivity index (χ0n) is 24.9. The molecule has 0 saturated carbocycles. The van der Waals surface area contributed by atoms with Gasteiger partial charge in [-0.05, 0) is 89.4 Å². The summed E-state index contributed by atoms with van der Waals surface area (Å²) >= 11 is 0. The van der Waals surface area contributed by atoms with E-state index in [1.165, 1.54) is 29.1 Å². The van der Waals surface area contributed by atoms with Crippen LogP contribution in [-0.2, 0) is 16.4 Å². The Labute approximate surface area is 246 Å². The third-order valence-electron chi connectivity index (χ3n) is 9.72. The number of aromatic nitrogens is 2. The van der Waals surface area contributed by atoms with Crippen LogP contribution in [-0.4, -0.2) is 103 Å². The Morgan fingerprint density at radius 2 is 1.59 bits per heavy atom. The second-order valence-corrected chi connectivity index (χ2v) is 14.2. The summed E-state index contributed by atoms with van der Waals surface area (Å²) < 4.78 is 25.3. The molecular formula is C31H46N6O3S. The number of carbonyl (C=O) groups is 1. The summed E-state index contributed by atoms with van der Waals surface area (Å²) in [6.45, 7) is 7.45. The largest absolute Gasteiger partial charge is 0.372 e. The smallest absolute Gasteiger partial charge is 0.272 e. The Bertz CT molecular complexity index is 1270. The van der Waals surface area contributed by atoms with Crippen molar-refractivity contribution in [2.75, 3.05) is 57.5 Å². The van der Waals surface area contributed by atoms with E-state index in [0.717, 1.165) is 89.1 Å². The Morgan fingerprint density at radius 1 is 0.927 bits per heavy atom. The highest BCUT2D eigenvalue weighted by molar-refractivity contribution is 7.88. The van der Waals surface area contributed by atoms with E-state index in [9.17, 15) is 13.2 Å². The summed E-state index contributed by atoms with van der Waals surface area (Å²) in [5.41, 5.74) is 3.80. The number of piperidine rings is 3. The summed E-state index contributed by atoms with van der Waals surface area (Å²) in [6.07, 6.45) is 10.8. The van der Waals surface area contributed by atoms with Gasteiger partial charge in [-0.2, -0.15) is 0 Å². The van der Waals surface area contributed by atoms with E-state index < -0.39 is 10.0 Å². The number of likely N-dealkylation sites (tertiary alicyclic amines) is 2. The third kappa shape index (κ3) is 7.27. The fourth-order valence-electron chi connectivity index (χ4n) is 6.88. The molecule has 1 amide bonds. The van der Waals surface area contributed by atoms with Crippen LogP contribution in [0.1, 0.15) is 66.7 Å². The molecule has 5 rings (SSSR count). The first-order chi connectivity index (χ1) is 19.7. The Hall–Kier alpha value is -2.56. The molecule has 3 saturated heterocycles. The average Bonchev–Trinajstić information content (AvgIpc) is 3.00. The highest BCUT2D eigenvalue weighted by atomic mass is 32.2. The lowest BCUT2D eigenvalue weighted by Gasteiger charge is -2.43. The molecule has 10 heteroatoms. The minimum atomic E-state index is -3.16. The van der Waals surface area contributed by atoms with Crippen LogP contribution in [0.4, 0.5) is 5.69 Å². The van der Waals surface area contributed by atoms with Crippen molar-refractivity contribution in [1.82, 2.24) is 24.1 Å². The number of carbonyl (C=O) groups excluding carboxylic acids is 1. The average molecular weight is 583 g/mol. The molecule has 0 unspecified atom stereocenters. The van der Waals surface area contributed by atoms with Gasteiger partial charge in [0, 0.05) is 62.3 Å². The summed E-state index contributed by atoms with van der Waals surface area (Å²) in [5.74, 6) is 0.702. The van der Waals surface area contributed by atoms with Gasteiger partial charge in [0.25, 0.3) is 5.91 Å². The lowest BCUT2D eigenvalue weighted by atomic mass is 9.90.